The van der Waals surface area contributed by atoms with E-state index < -0.39 is 0 Å². The number of nitrogens with zero attached hydrogens (tertiary/aromatic N) is 1. The van der Waals surface area contributed by atoms with Crippen LogP contribution in [-0.4, -0.2) is 25.5 Å². The molecule has 1 aliphatic heterocycles. The van der Waals surface area contributed by atoms with Gasteiger partial charge in [0.1, 0.15) is 5.75 Å². The summed E-state index contributed by atoms with van der Waals surface area (Å²) in [5.74, 6) is 0.889. The lowest BCUT2D eigenvalue weighted by molar-refractivity contribution is -0.121. The second kappa shape index (κ2) is 5.92. The number of hydrogen-bond acceptors (Lipinski definition) is 3. The van der Waals surface area contributed by atoms with Gasteiger partial charge in [0.15, 0.2) is 6.61 Å². The molecule has 1 aliphatic carbocycles. The number of aryl methyl sites for hydroxylation is 1. The smallest absolute Gasteiger partial charge is 0.264 e. The SMILES string of the molecule is Cc1ccccc1C1CC1C(=O)Nc1ccc2c(c1)N(C)C(=O)CO2. The molecule has 1 fully saturated rings. The number of anilines is 2. The van der Waals surface area contributed by atoms with Crippen LogP contribution in [0.5, 0.6) is 5.75 Å². The lowest BCUT2D eigenvalue weighted by atomic mass is 10.0. The molecule has 2 aromatic carbocycles. The normalized spacial score (nSPS) is 21.4. The molecule has 1 N–H and O–H groups in total. The van der Waals surface area contributed by atoms with E-state index in [-0.39, 0.29) is 24.3 Å². The highest BCUT2D eigenvalue weighted by atomic mass is 16.5. The zero-order chi connectivity index (χ0) is 17.6. The lowest BCUT2D eigenvalue weighted by Gasteiger charge is -2.26. The largest absolute Gasteiger partial charge is 0.482 e. The molecule has 25 heavy (non-hydrogen) atoms. The summed E-state index contributed by atoms with van der Waals surface area (Å²) >= 11 is 0. The molecular formula is C20H20N2O3. The third-order valence-electron chi connectivity index (χ3n) is 5.03. The van der Waals surface area contributed by atoms with Crippen molar-refractivity contribution >= 4 is 23.2 Å². The number of carbonyl (C=O) groups is 2. The number of amides is 2. The summed E-state index contributed by atoms with van der Waals surface area (Å²) in [6.07, 6.45) is 0.878. The minimum Gasteiger partial charge on any atom is -0.482 e. The fraction of sp³-hybridized carbons (Fsp3) is 0.300. The number of carbonyl (C=O) groups excluding carboxylic acids is 2. The third-order valence-corrected chi connectivity index (χ3v) is 5.03. The van der Waals surface area contributed by atoms with Gasteiger partial charge in [0, 0.05) is 18.7 Å². The number of rotatable bonds is 3. The minimum atomic E-state index is -0.0993. The highest BCUT2D eigenvalue weighted by molar-refractivity contribution is 6.00. The summed E-state index contributed by atoms with van der Waals surface area (Å²) < 4.78 is 5.41. The Bertz CT molecular complexity index is 862. The Morgan fingerprint density at radius 1 is 1.24 bits per heavy atom. The topological polar surface area (TPSA) is 58.6 Å². The highest BCUT2D eigenvalue weighted by Crippen LogP contribution is 2.49. The van der Waals surface area contributed by atoms with Crippen molar-refractivity contribution in [3.05, 3.63) is 53.6 Å². The summed E-state index contributed by atoms with van der Waals surface area (Å²) in [4.78, 5) is 25.9. The average Bonchev–Trinajstić information content (AvgIpc) is 3.40. The van der Waals surface area contributed by atoms with Crippen LogP contribution in [0, 0.1) is 12.8 Å². The van der Waals surface area contributed by atoms with E-state index >= 15 is 0 Å². The summed E-state index contributed by atoms with van der Waals surface area (Å²) in [6, 6.07) is 13.6. The molecule has 5 heteroatoms. The van der Waals surface area contributed by atoms with Gasteiger partial charge in [-0.3, -0.25) is 9.59 Å². The lowest BCUT2D eigenvalue weighted by Crippen LogP contribution is -2.35. The molecule has 1 saturated carbocycles. The molecule has 0 saturated heterocycles. The van der Waals surface area contributed by atoms with E-state index in [9.17, 15) is 9.59 Å². The standard InChI is InChI=1S/C20H20N2O3/c1-12-5-3-4-6-14(12)15-10-16(15)20(24)21-13-7-8-18-17(9-13)22(2)19(23)11-25-18/h3-9,15-16H,10-11H2,1-2H3,(H,21,24). The molecule has 4 rings (SSSR count). The number of likely N-dealkylation sites (N-methyl/N-ethyl adjacent to an activating group) is 1. The molecule has 0 aromatic heterocycles. The Kier molecular flexibility index (Phi) is 3.71. The van der Waals surface area contributed by atoms with Crippen molar-refractivity contribution in [2.75, 3.05) is 23.9 Å². The van der Waals surface area contributed by atoms with Crippen LogP contribution in [0.1, 0.15) is 23.5 Å². The number of ether oxygens (including phenoxy) is 1. The van der Waals surface area contributed by atoms with Gasteiger partial charge >= 0.3 is 0 Å². The Balaban J connectivity index is 1.48. The number of benzene rings is 2. The Labute approximate surface area is 146 Å². The van der Waals surface area contributed by atoms with E-state index in [2.05, 4.69) is 24.4 Å². The Morgan fingerprint density at radius 2 is 2.04 bits per heavy atom. The van der Waals surface area contributed by atoms with E-state index in [0.29, 0.717) is 23.0 Å². The van der Waals surface area contributed by atoms with Crippen LogP contribution in [0.2, 0.25) is 0 Å². The number of nitrogens with one attached hydrogen (secondary N) is 1. The summed E-state index contributed by atoms with van der Waals surface area (Å²) in [5, 5.41) is 2.98. The zero-order valence-corrected chi connectivity index (χ0v) is 14.3. The first-order valence-electron chi connectivity index (χ1n) is 8.44. The predicted octanol–water partition coefficient (Wildman–Crippen LogP) is 3.09. The first kappa shape index (κ1) is 15.7. The van der Waals surface area contributed by atoms with Gasteiger partial charge in [-0.25, -0.2) is 0 Å². The van der Waals surface area contributed by atoms with E-state index in [1.165, 1.54) is 11.1 Å². The Morgan fingerprint density at radius 3 is 2.84 bits per heavy atom. The molecule has 2 amide bonds. The van der Waals surface area contributed by atoms with Gasteiger partial charge in [0.25, 0.3) is 5.91 Å². The third kappa shape index (κ3) is 2.86. The first-order chi connectivity index (χ1) is 12.0. The molecule has 2 aliphatic rings. The van der Waals surface area contributed by atoms with Crippen molar-refractivity contribution in [2.24, 2.45) is 5.92 Å². The molecule has 128 valence electrons. The van der Waals surface area contributed by atoms with Crippen LogP contribution >= 0.6 is 0 Å². The minimum absolute atomic E-state index is 0.00717. The van der Waals surface area contributed by atoms with Crippen molar-refractivity contribution < 1.29 is 14.3 Å². The van der Waals surface area contributed by atoms with Gasteiger partial charge in [0.05, 0.1) is 5.69 Å². The van der Waals surface area contributed by atoms with Gasteiger partial charge < -0.3 is 15.0 Å². The maximum atomic E-state index is 12.6. The fourth-order valence-corrected chi connectivity index (χ4v) is 3.42. The summed E-state index contributed by atoms with van der Waals surface area (Å²) in [5.41, 5.74) is 3.85. The fourth-order valence-electron chi connectivity index (χ4n) is 3.42. The zero-order valence-electron chi connectivity index (χ0n) is 14.3. The highest BCUT2D eigenvalue weighted by Gasteiger charge is 2.44. The molecule has 5 nitrogen and oxygen atoms in total. The maximum absolute atomic E-state index is 12.6. The van der Waals surface area contributed by atoms with E-state index in [4.69, 9.17) is 4.74 Å². The van der Waals surface area contributed by atoms with Gasteiger partial charge in [-0.15, -0.1) is 0 Å². The van der Waals surface area contributed by atoms with Crippen LogP contribution in [0.15, 0.2) is 42.5 Å². The molecule has 2 atom stereocenters. The van der Waals surface area contributed by atoms with Crippen LogP contribution in [0.25, 0.3) is 0 Å². The van der Waals surface area contributed by atoms with E-state index in [0.717, 1.165) is 6.42 Å². The van der Waals surface area contributed by atoms with Gasteiger partial charge in [-0.05, 0) is 48.6 Å². The molecule has 1 heterocycles. The first-order valence-corrected chi connectivity index (χ1v) is 8.44. The molecule has 0 spiro atoms. The average molecular weight is 336 g/mol. The van der Waals surface area contributed by atoms with E-state index in [1.54, 1.807) is 24.1 Å². The van der Waals surface area contributed by atoms with Crippen LogP contribution in [0.3, 0.4) is 0 Å². The van der Waals surface area contributed by atoms with Crippen molar-refractivity contribution in [1.29, 1.82) is 0 Å². The summed E-state index contributed by atoms with van der Waals surface area (Å²) in [6.45, 7) is 2.13. The molecular weight excluding hydrogens is 316 g/mol. The van der Waals surface area contributed by atoms with Crippen molar-refractivity contribution in [3.8, 4) is 5.75 Å². The monoisotopic (exact) mass is 336 g/mol. The number of hydrogen-bond donors (Lipinski definition) is 1. The van der Waals surface area contributed by atoms with Crippen LogP contribution < -0.4 is 15.0 Å². The molecule has 0 bridgehead atoms. The van der Waals surface area contributed by atoms with Gasteiger partial charge in [0.2, 0.25) is 5.91 Å². The van der Waals surface area contributed by atoms with Crippen LogP contribution in [-0.2, 0) is 9.59 Å². The predicted molar refractivity (Wildman–Crippen MR) is 96.0 cm³/mol. The van der Waals surface area contributed by atoms with Gasteiger partial charge in [-0.1, -0.05) is 24.3 Å². The molecule has 2 aromatic rings. The van der Waals surface area contributed by atoms with Crippen molar-refractivity contribution in [1.82, 2.24) is 0 Å². The number of fused-ring (bicyclic) bond motifs is 1. The quantitative estimate of drug-likeness (QED) is 0.937. The maximum Gasteiger partial charge on any atom is 0.264 e. The van der Waals surface area contributed by atoms with Crippen molar-refractivity contribution in [3.63, 3.8) is 0 Å². The van der Waals surface area contributed by atoms with Crippen molar-refractivity contribution in [2.45, 2.75) is 19.3 Å². The Hall–Kier alpha value is -2.82. The molecule has 2 unspecified atom stereocenters. The molecule has 0 radical (unpaired) electrons. The second-order valence-corrected chi connectivity index (χ2v) is 6.72. The second-order valence-electron chi connectivity index (χ2n) is 6.72. The van der Waals surface area contributed by atoms with Gasteiger partial charge in [-0.2, -0.15) is 0 Å². The van der Waals surface area contributed by atoms with Crippen LogP contribution in [0.4, 0.5) is 11.4 Å². The van der Waals surface area contributed by atoms with E-state index in [1.807, 2.05) is 18.2 Å². The summed E-state index contributed by atoms with van der Waals surface area (Å²) in [7, 11) is 1.71.